The summed E-state index contributed by atoms with van der Waals surface area (Å²) in [5.74, 6) is 0.802. The molecular weight excluding hydrogens is 398 g/mol. The number of hydrogen-bond acceptors (Lipinski definition) is 6. The fourth-order valence-electron chi connectivity index (χ4n) is 2.72. The van der Waals surface area contributed by atoms with Crippen molar-refractivity contribution < 1.29 is 23.8 Å². The molecule has 1 aromatic heterocycles. The van der Waals surface area contributed by atoms with E-state index in [1.54, 1.807) is 55.8 Å². The number of pyridine rings is 1. The number of hydrogen-bond donors (Lipinski definition) is 2. The zero-order valence-electron chi connectivity index (χ0n) is 17.3. The van der Waals surface area contributed by atoms with Crippen molar-refractivity contribution >= 4 is 17.5 Å². The minimum absolute atomic E-state index is 0.215. The number of anilines is 1. The van der Waals surface area contributed by atoms with Crippen LogP contribution in [0.4, 0.5) is 5.69 Å². The first-order chi connectivity index (χ1) is 15.1. The van der Waals surface area contributed by atoms with Crippen LogP contribution in [0.5, 0.6) is 17.2 Å². The summed E-state index contributed by atoms with van der Waals surface area (Å²) in [7, 11) is 3.04. The molecular formula is C23H23N3O5. The normalized spacial score (nSPS) is 10.1. The first-order valence-corrected chi connectivity index (χ1v) is 9.52. The highest BCUT2D eigenvalue weighted by Crippen LogP contribution is 2.28. The fraction of sp³-hybridized carbons (Fsp3) is 0.174. The van der Waals surface area contributed by atoms with Crippen LogP contribution < -0.4 is 24.8 Å². The molecule has 0 spiro atoms. The summed E-state index contributed by atoms with van der Waals surface area (Å²) in [4.78, 5) is 28.7. The Hall–Kier alpha value is -4.07. The Bertz CT molecular complexity index is 1020. The van der Waals surface area contributed by atoms with Crippen LogP contribution in [0.25, 0.3) is 0 Å². The summed E-state index contributed by atoms with van der Waals surface area (Å²) < 4.78 is 16.0. The third-order valence-electron chi connectivity index (χ3n) is 4.31. The maximum Gasteiger partial charge on any atom is 0.262 e. The number of nitrogens with zero attached hydrogens (tertiary/aromatic N) is 1. The van der Waals surface area contributed by atoms with Crippen molar-refractivity contribution in [2.75, 3.05) is 26.1 Å². The van der Waals surface area contributed by atoms with Crippen molar-refractivity contribution in [3.8, 4) is 17.2 Å². The van der Waals surface area contributed by atoms with Crippen molar-refractivity contribution in [2.45, 2.75) is 6.54 Å². The number of benzene rings is 2. The zero-order chi connectivity index (χ0) is 22.1. The molecule has 1 heterocycles. The third kappa shape index (κ3) is 6.20. The number of carbonyl (C=O) groups excluding carboxylic acids is 2. The Labute approximate surface area is 180 Å². The van der Waals surface area contributed by atoms with E-state index in [1.807, 2.05) is 18.2 Å². The quantitative estimate of drug-likeness (QED) is 0.551. The zero-order valence-corrected chi connectivity index (χ0v) is 17.3. The number of aromatic nitrogens is 1. The lowest BCUT2D eigenvalue weighted by Crippen LogP contribution is -2.23. The van der Waals surface area contributed by atoms with E-state index < -0.39 is 0 Å². The van der Waals surface area contributed by atoms with Gasteiger partial charge in [0.25, 0.3) is 11.8 Å². The van der Waals surface area contributed by atoms with Crippen LogP contribution in [0.15, 0.2) is 66.9 Å². The molecule has 8 heteroatoms. The third-order valence-corrected chi connectivity index (χ3v) is 4.31. The Kier molecular flexibility index (Phi) is 7.42. The van der Waals surface area contributed by atoms with Crippen molar-refractivity contribution in [3.63, 3.8) is 0 Å². The highest BCUT2D eigenvalue weighted by atomic mass is 16.5. The predicted molar refractivity (Wildman–Crippen MR) is 116 cm³/mol. The van der Waals surface area contributed by atoms with Gasteiger partial charge >= 0.3 is 0 Å². The maximum absolute atomic E-state index is 12.4. The van der Waals surface area contributed by atoms with Crippen molar-refractivity contribution in [3.05, 3.63) is 78.1 Å². The Morgan fingerprint density at radius 1 is 0.935 bits per heavy atom. The molecule has 160 valence electrons. The number of amides is 2. The van der Waals surface area contributed by atoms with E-state index >= 15 is 0 Å². The number of nitrogens with one attached hydrogen (secondary N) is 2. The Morgan fingerprint density at radius 2 is 1.74 bits per heavy atom. The van der Waals surface area contributed by atoms with Crippen LogP contribution in [0.1, 0.15) is 16.1 Å². The second kappa shape index (κ2) is 10.6. The Morgan fingerprint density at radius 3 is 2.42 bits per heavy atom. The molecule has 2 aromatic carbocycles. The second-order valence-electron chi connectivity index (χ2n) is 6.43. The van der Waals surface area contributed by atoms with E-state index in [1.165, 1.54) is 7.11 Å². The van der Waals surface area contributed by atoms with Crippen LogP contribution in [0.2, 0.25) is 0 Å². The second-order valence-corrected chi connectivity index (χ2v) is 6.43. The lowest BCUT2D eigenvalue weighted by molar-refractivity contribution is -0.118. The lowest BCUT2D eigenvalue weighted by Gasteiger charge is -2.12. The average Bonchev–Trinajstić information content (AvgIpc) is 2.82. The summed E-state index contributed by atoms with van der Waals surface area (Å²) in [5, 5.41) is 5.53. The SMILES string of the molecule is COc1ccc(NC(=O)COc2ccc(C(=O)NCc3ccccn3)cc2OC)cc1. The molecule has 0 aliphatic carbocycles. The van der Waals surface area contributed by atoms with Gasteiger partial charge in [0.05, 0.1) is 26.5 Å². The summed E-state index contributed by atoms with van der Waals surface area (Å²) in [6.07, 6.45) is 1.67. The molecule has 8 nitrogen and oxygen atoms in total. The number of ether oxygens (including phenoxy) is 3. The fourth-order valence-corrected chi connectivity index (χ4v) is 2.72. The van der Waals surface area contributed by atoms with Crippen LogP contribution in [-0.4, -0.2) is 37.6 Å². The van der Waals surface area contributed by atoms with E-state index in [-0.39, 0.29) is 18.4 Å². The molecule has 2 amide bonds. The largest absolute Gasteiger partial charge is 0.497 e. The monoisotopic (exact) mass is 421 g/mol. The van der Waals surface area contributed by atoms with Crippen LogP contribution in [-0.2, 0) is 11.3 Å². The standard InChI is InChI=1S/C23H23N3O5/c1-29-19-9-7-17(8-10-19)26-22(27)15-31-20-11-6-16(13-21(20)30-2)23(28)25-14-18-5-3-4-12-24-18/h3-13H,14-15H2,1-2H3,(H,25,28)(H,26,27). The predicted octanol–water partition coefficient (Wildman–Crippen LogP) is 3.05. The molecule has 0 saturated carbocycles. The van der Waals surface area contributed by atoms with Crippen LogP contribution >= 0.6 is 0 Å². The van der Waals surface area contributed by atoms with E-state index in [2.05, 4.69) is 15.6 Å². The molecule has 31 heavy (non-hydrogen) atoms. The van der Waals surface area contributed by atoms with Gasteiger partial charge in [-0.3, -0.25) is 14.6 Å². The molecule has 0 fully saturated rings. The van der Waals surface area contributed by atoms with Gasteiger partial charge in [0.2, 0.25) is 0 Å². The van der Waals surface area contributed by atoms with Gasteiger partial charge in [-0.2, -0.15) is 0 Å². The van der Waals surface area contributed by atoms with Gasteiger partial charge in [-0.05, 0) is 54.6 Å². The van der Waals surface area contributed by atoms with Crippen molar-refractivity contribution in [1.29, 1.82) is 0 Å². The van der Waals surface area contributed by atoms with E-state index in [4.69, 9.17) is 14.2 Å². The molecule has 2 N–H and O–H groups in total. The summed E-state index contributed by atoms with van der Waals surface area (Å²) in [5.41, 5.74) is 1.79. The molecule has 0 atom stereocenters. The smallest absolute Gasteiger partial charge is 0.262 e. The summed E-state index contributed by atoms with van der Waals surface area (Å²) in [6.45, 7) is 0.0966. The minimum Gasteiger partial charge on any atom is -0.497 e. The number of carbonyl (C=O) groups is 2. The van der Waals surface area contributed by atoms with Gasteiger partial charge in [0.1, 0.15) is 5.75 Å². The van der Waals surface area contributed by atoms with E-state index in [0.717, 1.165) is 5.69 Å². The van der Waals surface area contributed by atoms with Gasteiger partial charge in [-0.1, -0.05) is 6.07 Å². The number of rotatable bonds is 9. The summed E-state index contributed by atoms with van der Waals surface area (Å²) >= 11 is 0. The first kappa shape index (κ1) is 21.6. The topological polar surface area (TPSA) is 98.8 Å². The Balaban J connectivity index is 1.56. The molecule has 3 rings (SSSR count). The average molecular weight is 421 g/mol. The maximum atomic E-state index is 12.4. The molecule has 0 aliphatic heterocycles. The van der Waals surface area contributed by atoms with E-state index in [0.29, 0.717) is 35.0 Å². The molecule has 0 bridgehead atoms. The summed E-state index contributed by atoms with van der Waals surface area (Å²) in [6, 6.07) is 17.2. The van der Waals surface area contributed by atoms with E-state index in [9.17, 15) is 9.59 Å². The molecule has 0 unspecified atom stereocenters. The minimum atomic E-state index is -0.329. The van der Waals surface area contributed by atoms with Gasteiger partial charge in [0, 0.05) is 17.4 Å². The van der Waals surface area contributed by atoms with Crippen LogP contribution in [0, 0.1) is 0 Å². The first-order valence-electron chi connectivity index (χ1n) is 9.52. The highest BCUT2D eigenvalue weighted by Gasteiger charge is 2.13. The van der Waals surface area contributed by atoms with Crippen LogP contribution in [0.3, 0.4) is 0 Å². The lowest BCUT2D eigenvalue weighted by atomic mass is 10.2. The molecule has 0 saturated heterocycles. The number of methoxy groups -OCH3 is 2. The van der Waals surface area contributed by atoms with Crippen molar-refractivity contribution in [2.24, 2.45) is 0 Å². The molecule has 3 aromatic rings. The van der Waals surface area contributed by atoms with Gasteiger partial charge < -0.3 is 24.8 Å². The molecule has 0 radical (unpaired) electrons. The van der Waals surface area contributed by atoms with Gasteiger partial charge in [0.15, 0.2) is 18.1 Å². The van der Waals surface area contributed by atoms with Gasteiger partial charge in [-0.25, -0.2) is 0 Å². The molecule has 0 aliphatic rings. The van der Waals surface area contributed by atoms with Gasteiger partial charge in [-0.15, -0.1) is 0 Å². The van der Waals surface area contributed by atoms with Crippen molar-refractivity contribution in [1.82, 2.24) is 10.3 Å². The highest BCUT2D eigenvalue weighted by molar-refractivity contribution is 5.95.